The summed E-state index contributed by atoms with van der Waals surface area (Å²) < 4.78 is 44.5. The molecule has 1 unspecified atom stereocenters. The van der Waals surface area contributed by atoms with E-state index in [0.29, 0.717) is 25.9 Å². The topological polar surface area (TPSA) is 73.0 Å². The minimum atomic E-state index is -3.92. The van der Waals surface area contributed by atoms with Gasteiger partial charge in [0.1, 0.15) is 5.82 Å². The number of hydrogen-bond donors (Lipinski definition) is 1. The third-order valence-corrected chi connectivity index (χ3v) is 10.8. The quantitative estimate of drug-likeness (QED) is 0.297. The molecule has 0 aliphatic carbocycles. The van der Waals surface area contributed by atoms with E-state index < -0.39 is 16.1 Å². The number of hydrogen-bond acceptors (Lipinski definition) is 5. The third kappa shape index (κ3) is 6.42. The number of halogens is 1. The Morgan fingerprint density at radius 2 is 1.50 bits per heavy atom. The van der Waals surface area contributed by atoms with Crippen LogP contribution in [0.5, 0.6) is 0 Å². The number of benzene rings is 4. The van der Waals surface area contributed by atoms with Crippen molar-refractivity contribution in [3.63, 3.8) is 0 Å². The van der Waals surface area contributed by atoms with Crippen LogP contribution >= 0.6 is 0 Å². The standard InChI is InChI=1S/C35H39FN4O3S/c1-38-20-22-40(23-21-38)35(30-12-7-13-31(36)25-30)16-18-39(19-17-35)34(41)26-33(28-9-3-2-4-10-28)37-44(42,43)32-15-14-27-8-5-6-11-29(27)24-32/h2-15,24-25,33,37H,16-23,26H2,1H3. The molecule has 2 fully saturated rings. The number of fused-ring (bicyclic) bond motifs is 1. The van der Waals surface area contributed by atoms with Crippen LogP contribution in [0.15, 0.2) is 102 Å². The summed E-state index contributed by atoms with van der Waals surface area (Å²) in [5.74, 6) is -0.356. The van der Waals surface area contributed by atoms with Crippen LogP contribution in [0.3, 0.4) is 0 Å². The molecule has 0 radical (unpaired) electrons. The van der Waals surface area contributed by atoms with Crippen molar-refractivity contribution in [2.75, 3.05) is 46.3 Å². The number of piperidine rings is 1. The summed E-state index contributed by atoms with van der Waals surface area (Å²) in [6, 6.07) is 28.1. The fraction of sp³-hybridized carbons (Fsp3) is 0.343. The molecule has 0 saturated carbocycles. The molecule has 4 aromatic carbocycles. The van der Waals surface area contributed by atoms with E-state index >= 15 is 0 Å². The average Bonchev–Trinajstić information content (AvgIpc) is 3.05. The van der Waals surface area contributed by atoms with Gasteiger partial charge in [-0.25, -0.2) is 17.5 Å². The van der Waals surface area contributed by atoms with Gasteiger partial charge in [-0.2, -0.15) is 0 Å². The number of piperazine rings is 1. The number of amides is 1. The molecule has 4 aromatic rings. The largest absolute Gasteiger partial charge is 0.342 e. The van der Waals surface area contributed by atoms with Crippen LogP contribution in [-0.2, 0) is 20.4 Å². The Bertz CT molecular complexity index is 1720. The van der Waals surface area contributed by atoms with E-state index in [2.05, 4.69) is 21.6 Å². The summed E-state index contributed by atoms with van der Waals surface area (Å²) in [5, 5.41) is 1.79. The Balaban J connectivity index is 1.21. The van der Waals surface area contributed by atoms with Gasteiger partial charge in [-0.1, -0.05) is 72.8 Å². The number of likely N-dealkylation sites (N-methyl/N-ethyl adjacent to an activating group) is 1. The molecule has 2 heterocycles. The highest BCUT2D eigenvalue weighted by Gasteiger charge is 2.43. The van der Waals surface area contributed by atoms with Gasteiger partial charge in [0, 0.05) is 51.2 Å². The second-order valence-corrected chi connectivity index (χ2v) is 13.7. The molecule has 0 aromatic heterocycles. The lowest BCUT2D eigenvalue weighted by Crippen LogP contribution is -2.59. The van der Waals surface area contributed by atoms with Crippen LogP contribution in [0.25, 0.3) is 10.8 Å². The van der Waals surface area contributed by atoms with Crippen molar-refractivity contribution in [1.29, 1.82) is 0 Å². The highest BCUT2D eigenvalue weighted by Crippen LogP contribution is 2.40. The molecule has 7 nitrogen and oxygen atoms in total. The van der Waals surface area contributed by atoms with E-state index in [1.165, 1.54) is 6.07 Å². The van der Waals surface area contributed by atoms with Crippen LogP contribution in [0, 0.1) is 5.82 Å². The van der Waals surface area contributed by atoms with Gasteiger partial charge in [0.25, 0.3) is 0 Å². The van der Waals surface area contributed by atoms with Crippen LogP contribution in [0.1, 0.15) is 36.4 Å². The van der Waals surface area contributed by atoms with E-state index in [0.717, 1.165) is 48.1 Å². The van der Waals surface area contributed by atoms with E-state index in [9.17, 15) is 17.6 Å². The maximum atomic E-state index is 14.4. The van der Waals surface area contributed by atoms with Crippen molar-refractivity contribution < 1.29 is 17.6 Å². The second kappa shape index (κ2) is 12.8. The molecule has 44 heavy (non-hydrogen) atoms. The van der Waals surface area contributed by atoms with Gasteiger partial charge >= 0.3 is 0 Å². The molecule has 1 N–H and O–H groups in total. The number of carbonyl (C=O) groups excluding carboxylic acids is 1. The Kier molecular flexibility index (Phi) is 8.82. The number of likely N-dealkylation sites (tertiary alicyclic amines) is 1. The molecule has 230 valence electrons. The van der Waals surface area contributed by atoms with Gasteiger partial charge in [-0.05, 0) is 66.1 Å². The first-order valence-corrected chi connectivity index (χ1v) is 16.8. The van der Waals surface area contributed by atoms with Crippen LogP contribution in [0.2, 0.25) is 0 Å². The molecule has 9 heteroatoms. The highest BCUT2D eigenvalue weighted by molar-refractivity contribution is 7.89. The van der Waals surface area contributed by atoms with Gasteiger partial charge in [0.05, 0.1) is 10.9 Å². The predicted molar refractivity (Wildman–Crippen MR) is 171 cm³/mol. The fourth-order valence-electron chi connectivity index (χ4n) is 6.73. The smallest absolute Gasteiger partial charge is 0.241 e. The first-order valence-electron chi connectivity index (χ1n) is 15.3. The summed E-state index contributed by atoms with van der Waals surface area (Å²) in [7, 11) is -1.80. The zero-order valence-corrected chi connectivity index (χ0v) is 25.8. The summed E-state index contributed by atoms with van der Waals surface area (Å²) in [6.45, 7) is 4.67. The molecular weight excluding hydrogens is 575 g/mol. The van der Waals surface area contributed by atoms with Crippen molar-refractivity contribution in [3.05, 3.63) is 114 Å². The zero-order chi connectivity index (χ0) is 30.7. The lowest BCUT2D eigenvalue weighted by atomic mass is 9.78. The summed E-state index contributed by atoms with van der Waals surface area (Å²) in [6.07, 6.45) is 1.37. The Morgan fingerprint density at radius 3 is 2.20 bits per heavy atom. The third-order valence-electron chi connectivity index (χ3n) is 9.32. The van der Waals surface area contributed by atoms with Gasteiger partial charge in [-0.15, -0.1) is 0 Å². The number of sulfonamides is 1. The summed E-state index contributed by atoms with van der Waals surface area (Å²) >= 11 is 0. The van der Waals surface area contributed by atoms with Crippen molar-refractivity contribution in [2.45, 2.75) is 35.7 Å². The predicted octanol–water partition coefficient (Wildman–Crippen LogP) is 5.15. The number of rotatable bonds is 8. The maximum Gasteiger partial charge on any atom is 0.241 e. The van der Waals surface area contributed by atoms with Crippen LogP contribution < -0.4 is 4.72 Å². The highest BCUT2D eigenvalue weighted by atomic mass is 32.2. The van der Waals surface area contributed by atoms with Crippen molar-refractivity contribution in [3.8, 4) is 0 Å². The molecule has 1 amide bonds. The van der Waals surface area contributed by atoms with Gasteiger partial charge < -0.3 is 9.80 Å². The lowest BCUT2D eigenvalue weighted by molar-refractivity contribution is -0.135. The lowest BCUT2D eigenvalue weighted by Gasteiger charge is -2.51. The van der Waals surface area contributed by atoms with E-state index in [1.807, 2.05) is 65.6 Å². The van der Waals surface area contributed by atoms with Gasteiger partial charge in [0.15, 0.2) is 0 Å². The Morgan fingerprint density at radius 1 is 0.818 bits per heavy atom. The maximum absolute atomic E-state index is 14.4. The van der Waals surface area contributed by atoms with E-state index in [4.69, 9.17) is 0 Å². The molecule has 6 rings (SSSR count). The minimum Gasteiger partial charge on any atom is -0.342 e. The molecule has 2 saturated heterocycles. The van der Waals surface area contributed by atoms with Crippen LogP contribution in [-0.4, -0.2) is 75.3 Å². The first-order chi connectivity index (χ1) is 21.2. The molecule has 1 atom stereocenters. The normalized spacial score (nSPS) is 18.7. The minimum absolute atomic E-state index is 0.00169. The first kappa shape index (κ1) is 30.4. The SMILES string of the molecule is CN1CCN(C2(c3cccc(F)c3)CCN(C(=O)CC(NS(=O)(=O)c3ccc4ccccc4c3)c3ccccc3)CC2)CC1. The zero-order valence-electron chi connectivity index (χ0n) is 25.0. The summed E-state index contributed by atoms with van der Waals surface area (Å²) in [5.41, 5.74) is 1.34. The monoisotopic (exact) mass is 614 g/mol. The Hall–Kier alpha value is -3.63. The number of nitrogens with zero attached hydrogens (tertiary/aromatic N) is 3. The number of carbonyl (C=O) groups is 1. The van der Waals surface area contributed by atoms with Crippen LogP contribution in [0.4, 0.5) is 4.39 Å². The van der Waals surface area contributed by atoms with Gasteiger partial charge in [0.2, 0.25) is 15.9 Å². The molecular formula is C35H39FN4O3S. The second-order valence-electron chi connectivity index (χ2n) is 12.0. The molecule has 0 spiro atoms. The molecule has 2 aliphatic heterocycles. The fourth-order valence-corrected chi connectivity index (χ4v) is 7.99. The van der Waals surface area contributed by atoms with Gasteiger partial charge in [-0.3, -0.25) is 9.69 Å². The molecule has 0 bridgehead atoms. The van der Waals surface area contributed by atoms with Crippen molar-refractivity contribution >= 4 is 26.7 Å². The Labute approximate surface area is 259 Å². The van der Waals surface area contributed by atoms with Crippen molar-refractivity contribution in [1.82, 2.24) is 19.4 Å². The molecule has 2 aliphatic rings. The summed E-state index contributed by atoms with van der Waals surface area (Å²) in [4.78, 5) is 20.6. The van der Waals surface area contributed by atoms with E-state index in [-0.39, 0.29) is 28.6 Å². The van der Waals surface area contributed by atoms with Crippen molar-refractivity contribution in [2.24, 2.45) is 0 Å². The van der Waals surface area contributed by atoms with E-state index in [1.54, 1.807) is 30.3 Å². The number of nitrogens with one attached hydrogen (secondary N) is 1. The average molecular weight is 615 g/mol.